The van der Waals surface area contributed by atoms with E-state index in [1.807, 2.05) is 25.1 Å². The lowest BCUT2D eigenvalue weighted by Gasteiger charge is -2.13. The Bertz CT molecular complexity index is 459. The summed E-state index contributed by atoms with van der Waals surface area (Å²) < 4.78 is 0.974. The summed E-state index contributed by atoms with van der Waals surface area (Å²) in [5.41, 5.74) is 1.89. The van der Waals surface area contributed by atoms with Gasteiger partial charge in [-0.15, -0.1) is 0 Å². The van der Waals surface area contributed by atoms with Crippen molar-refractivity contribution in [2.24, 2.45) is 0 Å². The van der Waals surface area contributed by atoms with Gasteiger partial charge in [0.15, 0.2) is 0 Å². The highest BCUT2D eigenvalue weighted by Crippen LogP contribution is 2.24. The molecule has 2 N–H and O–H groups in total. The van der Waals surface area contributed by atoms with Crippen LogP contribution in [-0.4, -0.2) is 17.9 Å². The fourth-order valence-corrected chi connectivity index (χ4v) is 1.99. The predicted octanol–water partition coefficient (Wildman–Crippen LogP) is 1.58. The topological polar surface area (TPSA) is 58.2 Å². The molecule has 0 aliphatic carbocycles. The van der Waals surface area contributed by atoms with Gasteiger partial charge >= 0.3 is 0 Å². The van der Waals surface area contributed by atoms with E-state index in [0.29, 0.717) is 0 Å². The van der Waals surface area contributed by atoms with Crippen LogP contribution in [0, 0.1) is 6.92 Å². The molecule has 1 aromatic rings. The van der Waals surface area contributed by atoms with Crippen molar-refractivity contribution in [2.45, 2.75) is 19.4 Å². The number of rotatable bonds is 2. The SMILES string of the molecule is Cc1c(Br)cccc1NC1CC(=O)NC1=O. The lowest BCUT2D eigenvalue weighted by atomic mass is 10.1. The van der Waals surface area contributed by atoms with Crippen molar-refractivity contribution in [3.63, 3.8) is 0 Å². The van der Waals surface area contributed by atoms with Gasteiger partial charge in [-0.05, 0) is 24.6 Å². The Kier molecular flexibility index (Phi) is 2.96. The number of nitrogens with one attached hydrogen (secondary N) is 2. The number of hydrogen-bond donors (Lipinski definition) is 2. The minimum Gasteiger partial charge on any atom is -0.373 e. The van der Waals surface area contributed by atoms with E-state index in [1.54, 1.807) is 0 Å². The van der Waals surface area contributed by atoms with Crippen LogP contribution in [0.5, 0.6) is 0 Å². The van der Waals surface area contributed by atoms with Gasteiger partial charge < -0.3 is 5.32 Å². The molecule has 1 atom stereocenters. The molecule has 5 heteroatoms. The predicted molar refractivity (Wildman–Crippen MR) is 64.1 cm³/mol. The summed E-state index contributed by atoms with van der Waals surface area (Å²) in [5, 5.41) is 5.34. The van der Waals surface area contributed by atoms with Gasteiger partial charge in [-0.25, -0.2) is 0 Å². The third kappa shape index (κ3) is 2.09. The monoisotopic (exact) mass is 282 g/mol. The first kappa shape index (κ1) is 11.1. The molecular formula is C11H11BrN2O2. The van der Waals surface area contributed by atoms with Gasteiger partial charge in [0.05, 0.1) is 6.42 Å². The van der Waals surface area contributed by atoms with Crippen molar-refractivity contribution < 1.29 is 9.59 Å². The van der Waals surface area contributed by atoms with Gasteiger partial charge in [-0.3, -0.25) is 14.9 Å². The molecule has 0 bridgehead atoms. The summed E-state index contributed by atoms with van der Waals surface area (Å²) in [7, 11) is 0. The fourth-order valence-electron chi connectivity index (χ4n) is 1.62. The van der Waals surface area contributed by atoms with Crippen LogP contribution in [-0.2, 0) is 9.59 Å². The van der Waals surface area contributed by atoms with Crippen LogP contribution in [0.4, 0.5) is 5.69 Å². The van der Waals surface area contributed by atoms with Crippen LogP contribution in [0.1, 0.15) is 12.0 Å². The zero-order chi connectivity index (χ0) is 11.7. The first-order valence-corrected chi connectivity index (χ1v) is 5.72. The van der Waals surface area contributed by atoms with Crippen LogP contribution < -0.4 is 10.6 Å². The molecule has 4 nitrogen and oxygen atoms in total. The Morgan fingerprint density at radius 3 is 2.81 bits per heavy atom. The second kappa shape index (κ2) is 4.25. The first-order valence-electron chi connectivity index (χ1n) is 4.93. The van der Waals surface area contributed by atoms with E-state index in [4.69, 9.17) is 0 Å². The molecule has 84 valence electrons. The van der Waals surface area contributed by atoms with E-state index in [2.05, 4.69) is 26.6 Å². The molecular weight excluding hydrogens is 272 g/mol. The molecule has 0 saturated carbocycles. The maximum atomic E-state index is 11.4. The van der Waals surface area contributed by atoms with Crippen LogP contribution in [0.2, 0.25) is 0 Å². The second-order valence-corrected chi connectivity index (χ2v) is 4.58. The van der Waals surface area contributed by atoms with Gasteiger partial charge in [-0.2, -0.15) is 0 Å². The maximum absolute atomic E-state index is 11.4. The van der Waals surface area contributed by atoms with Crippen LogP contribution in [0.15, 0.2) is 22.7 Å². The standard InChI is InChI=1S/C11H11BrN2O2/c1-6-7(12)3-2-4-8(6)13-9-5-10(15)14-11(9)16/h2-4,9,13H,5H2,1H3,(H,14,15,16). The lowest BCUT2D eigenvalue weighted by molar-refractivity contribution is -0.124. The Balaban J connectivity index is 2.18. The van der Waals surface area contributed by atoms with Crippen LogP contribution in [0.25, 0.3) is 0 Å². The molecule has 2 amide bonds. The first-order chi connectivity index (χ1) is 7.58. The molecule has 0 spiro atoms. The van der Waals surface area contributed by atoms with Crippen molar-refractivity contribution in [2.75, 3.05) is 5.32 Å². The second-order valence-electron chi connectivity index (χ2n) is 3.73. The minimum atomic E-state index is -0.458. The molecule has 1 unspecified atom stereocenters. The smallest absolute Gasteiger partial charge is 0.249 e. The van der Waals surface area contributed by atoms with E-state index in [9.17, 15) is 9.59 Å². The van der Waals surface area contributed by atoms with Crippen molar-refractivity contribution in [1.82, 2.24) is 5.32 Å². The average Bonchev–Trinajstić information content (AvgIpc) is 2.53. The average molecular weight is 283 g/mol. The summed E-state index contributed by atoms with van der Waals surface area (Å²) >= 11 is 3.41. The number of carbonyl (C=O) groups is 2. The zero-order valence-electron chi connectivity index (χ0n) is 8.71. The van der Waals surface area contributed by atoms with Gasteiger partial charge in [-0.1, -0.05) is 22.0 Å². The highest BCUT2D eigenvalue weighted by Gasteiger charge is 2.30. The van der Waals surface area contributed by atoms with Crippen molar-refractivity contribution in [1.29, 1.82) is 0 Å². The molecule has 1 aliphatic rings. The summed E-state index contributed by atoms with van der Waals surface area (Å²) in [6, 6.07) is 5.24. The third-order valence-electron chi connectivity index (χ3n) is 2.57. The van der Waals surface area contributed by atoms with Gasteiger partial charge in [0.1, 0.15) is 6.04 Å². The number of benzene rings is 1. The summed E-state index contributed by atoms with van der Waals surface area (Å²) in [5.74, 6) is -0.487. The van der Waals surface area contributed by atoms with Gasteiger partial charge in [0.25, 0.3) is 0 Å². The molecule has 1 fully saturated rings. The van der Waals surface area contributed by atoms with E-state index in [-0.39, 0.29) is 18.2 Å². The molecule has 0 radical (unpaired) electrons. The van der Waals surface area contributed by atoms with Crippen LogP contribution >= 0.6 is 15.9 Å². The number of carbonyl (C=O) groups excluding carboxylic acids is 2. The molecule has 1 aromatic carbocycles. The van der Waals surface area contributed by atoms with E-state index in [1.165, 1.54) is 0 Å². The normalized spacial score (nSPS) is 19.8. The highest BCUT2D eigenvalue weighted by molar-refractivity contribution is 9.10. The number of hydrogen-bond acceptors (Lipinski definition) is 3. The highest BCUT2D eigenvalue weighted by atomic mass is 79.9. The molecule has 16 heavy (non-hydrogen) atoms. The zero-order valence-corrected chi connectivity index (χ0v) is 10.3. The van der Waals surface area contributed by atoms with Crippen LogP contribution in [0.3, 0.4) is 0 Å². The van der Waals surface area contributed by atoms with Crippen molar-refractivity contribution in [3.05, 3.63) is 28.2 Å². The Hall–Kier alpha value is -1.36. The lowest BCUT2D eigenvalue weighted by Crippen LogP contribution is -2.30. The quantitative estimate of drug-likeness (QED) is 0.810. The number of anilines is 1. The molecule has 1 saturated heterocycles. The third-order valence-corrected chi connectivity index (χ3v) is 3.43. The Morgan fingerprint density at radius 2 is 2.19 bits per heavy atom. The Labute approximate surface area is 102 Å². The molecule has 1 aliphatic heterocycles. The largest absolute Gasteiger partial charge is 0.373 e. The van der Waals surface area contributed by atoms with Gasteiger partial charge in [0, 0.05) is 10.2 Å². The minimum absolute atomic E-state index is 0.199. The van der Waals surface area contributed by atoms with Crippen molar-refractivity contribution >= 4 is 33.4 Å². The summed E-state index contributed by atoms with van der Waals surface area (Å²) in [6.45, 7) is 1.95. The molecule has 2 rings (SSSR count). The fraction of sp³-hybridized carbons (Fsp3) is 0.273. The van der Waals surface area contributed by atoms with Gasteiger partial charge in [0.2, 0.25) is 11.8 Å². The van der Waals surface area contributed by atoms with E-state index in [0.717, 1.165) is 15.7 Å². The number of amides is 2. The van der Waals surface area contributed by atoms with E-state index >= 15 is 0 Å². The molecule has 1 heterocycles. The maximum Gasteiger partial charge on any atom is 0.249 e. The number of imide groups is 1. The Morgan fingerprint density at radius 1 is 1.44 bits per heavy atom. The van der Waals surface area contributed by atoms with Crippen molar-refractivity contribution in [3.8, 4) is 0 Å². The molecule has 0 aromatic heterocycles. The number of halogens is 1. The summed E-state index contributed by atoms with van der Waals surface area (Å²) in [6.07, 6.45) is 0.199. The summed E-state index contributed by atoms with van der Waals surface area (Å²) in [4.78, 5) is 22.4. The van der Waals surface area contributed by atoms with E-state index < -0.39 is 6.04 Å².